The summed E-state index contributed by atoms with van der Waals surface area (Å²) in [4.78, 5) is 0. The van der Waals surface area contributed by atoms with Gasteiger partial charge in [0.25, 0.3) is 0 Å². The van der Waals surface area contributed by atoms with Gasteiger partial charge < -0.3 is 4.74 Å². The minimum atomic E-state index is 0.754. The SMILES string of the molecule is COc1cccn2c(CC3CCSCC3)nnc12. The van der Waals surface area contributed by atoms with Crippen molar-refractivity contribution in [2.75, 3.05) is 18.6 Å². The van der Waals surface area contributed by atoms with E-state index in [9.17, 15) is 0 Å². The summed E-state index contributed by atoms with van der Waals surface area (Å²) in [6.07, 6.45) is 5.63. The Morgan fingerprint density at radius 1 is 1.39 bits per heavy atom. The average molecular weight is 263 g/mol. The fraction of sp³-hybridized carbons (Fsp3) is 0.538. The second-order valence-corrected chi connectivity index (χ2v) is 5.87. The first kappa shape index (κ1) is 11.8. The maximum Gasteiger partial charge on any atom is 0.203 e. The van der Waals surface area contributed by atoms with E-state index in [2.05, 4.69) is 26.4 Å². The molecule has 0 amide bonds. The average Bonchev–Trinajstić information content (AvgIpc) is 2.83. The third kappa shape index (κ3) is 2.19. The number of fused-ring (bicyclic) bond motifs is 1. The summed E-state index contributed by atoms with van der Waals surface area (Å²) in [7, 11) is 1.67. The summed E-state index contributed by atoms with van der Waals surface area (Å²) in [5.41, 5.74) is 0.820. The van der Waals surface area contributed by atoms with E-state index in [-0.39, 0.29) is 0 Å². The van der Waals surface area contributed by atoms with Gasteiger partial charge in [-0.3, -0.25) is 4.40 Å². The summed E-state index contributed by atoms with van der Waals surface area (Å²) >= 11 is 2.06. The number of rotatable bonds is 3. The highest BCUT2D eigenvalue weighted by molar-refractivity contribution is 7.99. The van der Waals surface area contributed by atoms with Gasteiger partial charge in [0.15, 0.2) is 5.75 Å². The molecule has 1 fully saturated rings. The summed E-state index contributed by atoms with van der Waals surface area (Å²) in [6.45, 7) is 0. The Morgan fingerprint density at radius 2 is 2.22 bits per heavy atom. The van der Waals surface area contributed by atoms with Crippen molar-refractivity contribution in [2.24, 2.45) is 5.92 Å². The van der Waals surface area contributed by atoms with Crippen molar-refractivity contribution in [1.29, 1.82) is 0 Å². The van der Waals surface area contributed by atoms with Gasteiger partial charge in [0.1, 0.15) is 5.82 Å². The largest absolute Gasteiger partial charge is 0.493 e. The normalized spacial score (nSPS) is 17.2. The van der Waals surface area contributed by atoms with Crippen molar-refractivity contribution in [3.8, 4) is 5.75 Å². The number of hydrogen-bond acceptors (Lipinski definition) is 4. The molecule has 0 atom stereocenters. The smallest absolute Gasteiger partial charge is 0.203 e. The lowest BCUT2D eigenvalue weighted by atomic mass is 9.98. The molecule has 0 unspecified atom stereocenters. The molecule has 2 aromatic heterocycles. The lowest BCUT2D eigenvalue weighted by Crippen LogP contribution is -2.13. The number of methoxy groups -OCH3 is 1. The van der Waals surface area contributed by atoms with Crippen LogP contribution in [0.4, 0.5) is 0 Å². The van der Waals surface area contributed by atoms with Gasteiger partial charge >= 0.3 is 0 Å². The Morgan fingerprint density at radius 3 is 3.00 bits per heavy atom. The number of thioether (sulfide) groups is 1. The van der Waals surface area contributed by atoms with Crippen LogP contribution in [-0.2, 0) is 6.42 Å². The van der Waals surface area contributed by atoms with Crippen LogP contribution in [0.3, 0.4) is 0 Å². The highest BCUT2D eigenvalue weighted by Gasteiger charge is 2.18. The van der Waals surface area contributed by atoms with Crippen molar-refractivity contribution in [2.45, 2.75) is 19.3 Å². The zero-order valence-electron chi connectivity index (χ0n) is 10.5. The van der Waals surface area contributed by atoms with Crippen LogP contribution in [0.2, 0.25) is 0 Å². The molecule has 3 heterocycles. The molecule has 1 aliphatic rings. The Bertz CT molecular complexity index is 534. The predicted octanol–water partition coefficient (Wildman–Crippen LogP) is 2.42. The van der Waals surface area contributed by atoms with Gasteiger partial charge in [0.2, 0.25) is 5.65 Å². The monoisotopic (exact) mass is 263 g/mol. The zero-order valence-corrected chi connectivity index (χ0v) is 11.3. The highest BCUT2D eigenvalue weighted by Crippen LogP contribution is 2.26. The minimum absolute atomic E-state index is 0.754. The molecule has 0 bridgehead atoms. The van der Waals surface area contributed by atoms with E-state index in [0.29, 0.717) is 0 Å². The van der Waals surface area contributed by atoms with Crippen molar-refractivity contribution in [1.82, 2.24) is 14.6 Å². The molecule has 0 aliphatic carbocycles. The number of hydrogen-bond donors (Lipinski definition) is 0. The lowest BCUT2D eigenvalue weighted by molar-refractivity contribution is 0.416. The van der Waals surface area contributed by atoms with Gasteiger partial charge in [-0.05, 0) is 42.4 Å². The van der Waals surface area contributed by atoms with Crippen LogP contribution >= 0.6 is 11.8 Å². The Labute approximate surface area is 111 Å². The van der Waals surface area contributed by atoms with Crippen molar-refractivity contribution in [3.05, 3.63) is 24.2 Å². The molecule has 5 heteroatoms. The molecule has 0 saturated carbocycles. The standard InChI is InChI=1S/C13H17N3OS/c1-17-11-3-2-6-16-12(14-15-13(11)16)9-10-4-7-18-8-5-10/h2-3,6,10H,4-5,7-9H2,1H3. The van der Waals surface area contributed by atoms with Crippen LogP contribution in [0, 0.1) is 5.92 Å². The summed E-state index contributed by atoms with van der Waals surface area (Å²) in [5.74, 6) is 5.16. The number of aromatic nitrogens is 3. The topological polar surface area (TPSA) is 39.4 Å². The number of ether oxygens (including phenoxy) is 1. The van der Waals surface area contributed by atoms with Crippen molar-refractivity contribution < 1.29 is 4.74 Å². The third-order valence-corrected chi connectivity index (χ3v) is 4.55. The first-order valence-corrected chi connectivity index (χ1v) is 7.48. The van der Waals surface area contributed by atoms with Crippen LogP contribution < -0.4 is 4.74 Å². The highest BCUT2D eigenvalue weighted by atomic mass is 32.2. The van der Waals surface area contributed by atoms with E-state index in [1.54, 1.807) is 7.11 Å². The van der Waals surface area contributed by atoms with E-state index in [4.69, 9.17) is 4.74 Å². The first-order chi connectivity index (χ1) is 8.88. The van der Waals surface area contributed by atoms with E-state index in [1.165, 1.54) is 24.3 Å². The Balaban J connectivity index is 1.88. The minimum Gasteiger partial charge on any atom is -0.493 e. The maximum atomic E-state index is 5.30. The molecule has 0 spiro atoms. The van der Waals surface area contributed by atoms with Crippen LogP contribution in [0.5, 0.6) is 5.75 Å². The molecular formula is C13H17N3OS. The second-order valence-electron chi connectivity index (χ2n) is 4.65. The lowest BCUT2D eigenvalue weighted by Gasteiger charge is -2.20. The maximum absolute atomic E-state index is 5.30. The van der Waals surface area contributed by atoms with E-state index < -0.39 is 0 Å². The van der Waals surface area contributed by atoms with Crippen LogP contribution in [-0.4, -0.2) is 33.2 Å². The van der Waals surface area contributed by atoms with E-state index >= 15 is 0 Å². The molecule has 4 nitrogen and oxygen atoms in total. The van der Waals surface area contributed by atoms with Crippen molar-refractivity contribution in [3.63, 3.8) is 0 Å². The molecule has 3 rings (SSSR count). The summed E-state index contributed by atoms with van der Waals surface area (Å²) < 4.78 is 7.36. The molecule has 1 aliphatic heterocycles. The molecule has 0 radical (unpaired) electrons. The molecule has 2 aromatic rings. The van der Waals surface area contributed by atoms with E-state index in [0.717, 1.165) is 29.6 Å². The Hall–Kier alpha value is -1.23. The molecule has 0 aromatic carbocycles. The predicted molar refractivity (Wildman–Crippen MR) is 73.3 cm³/mol. The van der Waals surface area contributed by atoms with Crippen molar-refractivity contribution >= 4 is 17.4 Å². The Kier molecular flexibility index (Phi) is 3.41. The van der Waals surface area contributed by atoms with Crippen LogP contribution in [0.15, 0.2) is 18.3 Å². The van der Waals surface area contributed by atoms with E-state index in [1.807, 2.05) is 18.3 Å². The van der Waals surface area contributed by atoms with Crippen LogP contribution in [0.25, 0.3) is 5.65 Å². The number of pyridine rings is 1. The van der Waals surface area contributed by atoms with Gasteiger partial charge in [-0.2, -0.15) is 11.8 Å². The van der Waals surface area contributed by atoms with Gasteiger partial charge in [-0.25, -0.2) is 0 Å². The third-order valence-electron chi connectivity index (χ3n) is 3.50. The fourth-order valence-corrected chi connectivity index (χ4v) is 3.65. The molecular weight excluding hydrogens is 246 g/mol. The molecule has 0 N–H and O–H groups in total. The molecule has 1 saturated heterocycles. The van der Waals surface area contributed by atoms with Gasteiger partial charge in [-0.1, -0.05) is 0 Å². The quantitative estimate of drug-likeness (QED) is 0.852. The summed E-state index contributed by atoms with van der Waals surface area (Å²) in [6, 6.07) is 3.90. The fourth-order valence-electron chi connectivity index (χ4n) is 2.45. The van der Waals surface area contributed by atoms with Crippen LogP contribution in [0.1, 0.15) is 18.7 Å². The molecule has 18 heavy (non-hydrogen) atoms. The summed E-state index contributed by atoms with van der Waals surface area (Å²) in [5, 5.41) is 8.56. The first-order valence-electron chi connectivity index (χ1n) is 6.33. The second kappa shape index (κ2) is 5.18. The van der Waals surface area contributed by atoms with Gasteiger partial charge in [0, 0.05) is 12.6 Å². The van der Waals surface area contributed by atoms with Gasteiger partial charge in [-0.15, -0.1) is 10.2 Å². The molecule has 96 valence electrons. The number of nitrogens with zero attached hydrogens (tertiary/aromatic N) is 3. The van der Waals surface area contributed by atoms with Gasteiger partial charge in [0.05, 0.1) is 7.11 Å². The zero-order chi connectivity index (χ0) is 12.4.